The number of rotatable bonds is 4. The predicted molar refractivity (Wildman–Crippen MR) is 66.0 cm³/mol. The van der Waals surface area contributed by atoms with Gasteiger partial charge in [0.1, 0.15) is 5.75 Å². The molecule has 1 aromatic carbocycles. The van der Waals surface area contributed by atoms with Crippen molar-refractivity contribution in [2.45, 2.75) is 13.5 Å². The molecule has 94 valence electrons. The lowest BCUT2D eigenvalue weighted by molar-refractivity contribution is 0.102. The van der Waals surface area contributed by atoms with E-state index in [4.69, 9.17) is 4.74 Å². The van der Waals surface area contributed by atoms with Gasteiger partial charge >= 0.3 is 0 Å². The van der Waals surface area contributed by atoms with E-state index >= 15 is 0 Å². The monoisotopic (exact) mass is 246 g/mol. The van der Waals surface area contributed by atoms with Crippen LogP contribution in [-0.4, -0.2) is 27.8 Å². The summed E-state index contributed by atoms with van der Waals surface area (Å²) in [5, 5.41) is 13.6. The summed E-state index contributed by atoms with van der Waals surface area (Å²) in [6, 6.07) is 6.73. The summed E-state index contributed by atoms with van der Waals surface area (Å²) in [6.07, 6.45) is 1.28. The number of aromatic nitrogens is 2. The van der Waals surface area contributed by atoms with Gasteiger partial charge in [-0.25, -0.2) is 0 Å². The molecule has 0 aliphatic rings. The van der Waals surface area contributed by atoms with Crippen LogP contribution in [0.25, 0.3) is 0 Å². The zero-order valence-corrected chi connectivity index (χ0v) is 10.3. The van der Waals surface area contributed by atoms with Gasteiger partial charge in [0.05, 0.1) is 13.3 Å². The topological polar surface area (TPSA) is 64.3 Å². The minimum atomic E-state index is -0.255. The highest BCUT2D eigenvalue weighted by molar-refractivity contribution is 6.09. The standard InChI is InChI=1S/C13H14N2O3/c1-3-15-12(11(16)8-14-15)13(17)9-4-6-10(18-2)7-5-9/h4-8,16H,3H2,1-2H3. The average Bonchev–Trinajstić information content (AvgIpc) is 2.79. The number of aryl methyl sites for hydroxylation is 1. The molecule has 0 unspecified atom stereocenters. The number of ketones is 1. The summed E-state index contributed by atoms with van der Waals surface area (Å²) < 4.78 is 6.50. The fraction of sp³-hybridized carbons (Fsp3) is 0.231. The Morgan fingerprint density at radius 3 is 2.61 bits per heavy atom. The Kier molecular flexibility index (Phi) is 3.32. The third-order valence-electron chi connectivity index (χ3n) is 2.69. The number of benzene rings is 1. The van der Waals surface area contributed by atoms with Crippen molar-refractivity contribution in [3.05, 3.63) is 41.7 Å². The highest BCUT2D eigenvalue weighted by atomic mass is 16.5. The second kappa shape index (κ2) is 4.91. The lowest BCUT2D eigenvalue weighted by Crippen LogP contribution is -2.10. The van der Waals surface area contributed by atoms with Gasteiger partial charge in [-0.2, -0.15) is 5.10 Å². The molecule has 1 N–H and O–H groups in total. The third-order valence-corrected chi connectivity index (χ3v) is 2.69. The van der Waals surface area contributed by atoms with Crippen molar-refractivity contribution in [1.82, 2.24) is 9.78 Å². The second-order valence-corrected chi connectivity index (χ2v) is 3.75. The summed E-state index contributed by atoms with van der Waals surface area (Å²) in [4.78, 5) is 12.2. The molecule has 2 rings (SSSR count). The van der Waals surface area contributed by atoms with E-state index in [0.29, 0.717) is 17.9 Å². The number of carbonyl (C=O) groups excluding carboxylic acids is 1. The van der Waals surface area contributed by atoms with Crippen molar-refractivity contribution in [3.63, 3.8) is 0 Å². The first-order valence-electron chi connectivity index (χ1n) is 5.61. The normalized spacial score (nSPS) is 10.3. The second-order valence-electron chi connectivity index (χ2n) is 3.75. The van der Waals surface area contributed by atoms with E-state index < -0.39 is 0 Å². The van der Waals surface area contributed by atoms with Crippen molar-refractivity contribution in [3.8, 4) is 11.5 Å². The Bertz CT molecular complexity index is 558. The molecule has 0 fully saturated rings. The molecule has 0 spiro atoms. The molecule has 2 aromatic rings. The summed E-state index contributed by atoms with van der Waals surface area (Å²) in [5.41, 5.74) is 0.698. The average molecular weight is 246 g/mol. The molecule has 0 aliphatic heterocycles. The summed E-state index contributed by atoms with van der Waals surface area (Å²) in [5.74, 6) is 0.326. The summed E-state index contributed by atoms with van der Waals surface area (Å²) in [7, 11) is 1.56. The van der Waals surface area contributed by atoms with Crippen molar-refractivity contribution >= 4 is 5.78 Å². The number of aromatic hydroxyl groups is 1. The van der Waals surface area contributed by atoms with Gasteiger partial charge in [0.15, 0.2) is 11.4 Å². The molecule has 5 nitrogen and oxygen atoms in total. The first-order valence-corrected chi connectivity index (χ1v) is 5.61. The smallest absolute Gasteiger partial charge is 0.214 e. The highest BCUT2D eigenvalue weighted by Gasteiger charge is 2.19. The van der Waals surface area contributed by atoms with Gasteiger partial charge in [-0.05, 0) is 31.2 Å². The van der Waals surface area contributed by atoms with Gasteiger partial charge in [-0.3, -0.25) is 9.48 Å². The van der Waals surface area contributed by atoms with Crippen molar-refractivity contribution in [1.29, 1.82) is 0 Å². The Hall–Kier alpha value is -2.30. The van der Waals surface area contributed by atoms with Crippen LogP contribution < -0.4 is 4.74 Å². The summed E-state index contributed by atoms with van der Waals surface area (Å²) in [6.45, 7) is 2.38. The lowest BCUT2D eigenvalue weighted by atomic mass is 10.1. The van der Waals surface area contributed by atoms with Crippen LogP contribution in [0, 0.1) is 0 Å². The number of hydrogen-bond donors (Lipinski definition) is 1. The molecule has 18 heavy (non-hydrogen) atoms. The highest BCUT2D eigenvalue weighted by Crippen LogP contribution is 2.21. The SMILES string of the molecule is CCn1ncc(O)c1C(=O)c1ccc(OC)cc1. The Morgan fingerprint density at radius 2 is 2.06 bits per heavy atom. The predicted octanol–water partition coefficient (Wildman–Crippen LogP) is 1.85. The van der Waals surface area contributed by atoms with Gasteiger partial charge in [-0.15, -0.1) is 0 Å². The van der Waals surface area contributed by atoms with Gasteiger partial charge in [-0.1, -0.05) is 0 Å². The van der Waals surface area contributed by atoms with Crippen molar-refractivity contribution in [2.24, 2.45) is 0 Å². The maximum absolute atomic E-state index is 12.2. The quantitative estimate of drug-likeness (QED) is 0.836. The molecule has 1 aromatic heterocycles. The Balaban J connectivity index is 2.38. The molecule has 0 bridgehead atoms. The number of methoxy groups -OCH3 is 1. The maximum Gasteiger partial charge on any atom is 0.214 e. The van der Waals surface area contributed by atoms with Gasteiger partial charge in [0.25, 0.3) is 0 Å². The van der Waals surface area contributed by atoms with Crippen LogP contribution in [0.1, 0.15) is 23.0 Å². The molecule has 0 amide bonds. The third kappa shape index (κ3) is 2.07. The molecule has 1 heterocycles. The molecule has 0 aliphatic carbocycles. The van der Waals surface area contributed by atoms with Crippen LogP contribution in [0.15, 0.2) is 30.5 Å². The first-order chi connectivity index (χ1) is 8.67. The molecule has 0 radical (unpaired) electrons. The van der Waals surface area contributed by atoms with Crippen LogP contribution in [0.4, 0.5) is 0 Å². The fourth-order valence-corrected chi connectivity index (χ4v) is 1.73. The maximum atomic E-state index is 12.2. The number of hydrogen-bond acceptors (Lipinski definition) is 4. The molecular weight excluding hydrogens is 232 g/mol. The van der Waals surface area contributed by atoms with Crippen LogP contribution in [0.5, 0.6) is 11.5 Å². The minimum Gasteiger partial charge on any atom is -0.504 e. The van der Waals surface area contributed by atoms with Crippen molar-refractivity contribution < 1.29 is 14.6 Å². The molecular formula is C13H14N2O3. The minimum absolute atomic E-state index is 0.0994. The molecule has 5 heteroatoms. The van der Waals surface area contributed by atoms with Crippen LogP contribution in [0.3, 0.4) is 0 Å². The lowest BCUT2D eigenvalue weighted by Gasteiger charge is -2.05. The Labute approximate surface area is 105 Å². The first kappa shape index (κ1) is 12.2. The van der Waals surface area contributed by atoms with E-state index in [0.717, 1.165) is 0 Å². The van der Waals surface area contributed by atoms with Crippen LogP contribution in [0.2, 0.25) is 0 Å². The molecule has 0 saturated heterocycles. The van der Waals surface area contributed by atoms with Gasteiger partial charge < -0.3 is 9.84 Å². The van der Waals surface area contributed by atoms with Gasteiger partial charge in [0, 0.05) is 12.1 Å². The van der Waals surface area contributed by atoms with E-state index in [9.17, 15) is 9.90 Å². The van der Waals surface area contributed by atoms with E-state index in [1.165, 1.54) is 10.9 Å². The largest absolute Gasteiger partial charge is 0.504 e. The van der Waals surface area contributed by atoms with E-state index in [2.05, 4.69) is 5.10 Å². The van der Waals surface area contributed by atoms with Crippen LogP contribution >= 0.6 is 0 Å². The van der Waals surface area contributed by atoms with E-state index in [-0.39, 0.29) is 17.2 Å². The zero-order chi connectivity index (χ0) is 13.1. The molecule has 0 atom stereocenters. The van der Waals surface area contributed by atoms with E-state index in [1.807, 2.05) is 6.92 Å². The number of nitrogens with zero attached hydrogens (tertiary/aromatic N) is 2. The van der Waals surface area contributed by atoms with E-state index in [1.54, 1.807) is 31.4 Å². The van der Waals surface area contributed by atoms with Crippen LogP contribution in [-0.2, 0) is 6.54 Å². The number of carbonyl (C=O) groups is 1. The Morgan fingerprint density at radius 1 is 1.39 bits per heavy atom. The zero-order valence-electron chi connectivity index (χ0n) is 10.3. The fourth-order valence-electron chi connectivity index (χ4n) is 1.73. The molecule has 0 saturated carbocycles. The van der Waals surface area contributed by atoms with Gasteiger partial charge in [0.2, 0.25) is 5.78 Å². The van der Waals surface area contributed by atoms with Crippen molar-refractivity contribution in [2.75, 3.05) is 7.11 Å². The summed E-state index contributed by atoms with van der Waals surface area (Å²) >= 11 is 0. The number of ether oxygens (including phenoxy) is 1.